The third-order valence-electron chi connectivity index (χ3n) is 4.02. The predicted octanol–water partition coefficient (Wildman–Crippen LogP) is 4.02. The number of benzene rings is 2. The van der Waals surface area contributed by atoms with Gasteiger partial charge < -0.3 is 9.52 Å². The van der Waals surface area contributed by atoms with Crippen LogP contribution >= 0.6 is 11.6 Å². The molecule has 0 aliphatic heterocycles. The summed E-state index contributed by atoms with van der Waals surface area (Å²) in [5.74, 6) is -1.17. The van der Waals surface area contributed by atoms with E-state index in [2.05, 4.69) is 4.72 Å². The average molecular weight is 396 g/mol. The van der Waals surface area contributed by atoms with Crippen LogP contribution < -0.4 is 4.72 Å². The number of furan rings is 1. The number of hydrogen-bond acceptors (Lipinski definition) is 4. The van der Waals surface area contributed by atoms with E-state index in [1.165, 1.54) is 12.1 Å². The molecule has 8 heteroatoms. The summed E-state index contributed by atoms with van der Waals surface area (Å²) in [6.45, 7) is 3.66. The molecule has 2 N–H and O–H groups in total. The van der Waals surface area contributed by atoms with Gasteiger partial charge >= 0.3 is 5.97 Å². The fraction of sp³-hybridized carbons (Fsp3) is 0.278. The number of carboxylic acids is 1. The molecule has 26 heavy (non-hydrogen) atoms. The van der Waals surface area contributed by atoms with Crippen LogP contribution in [0.4, 0.5) is 0 Å². The summed E-state index contributed by atoms with van der Waals surface area (Å²) in [5, 5.41) is 11.2. The van der Waals surface area contributed by atoms with Gasteiger partial charge in [-0.05, 0) is 42.7 Å². The maximum absolute atomic E-state index is 12.7. The topological polar surface area (TPSA) is 96.6 Å². The van der Waals surface area contributed by atoms with Gasteiger partial charge in [0.1, 0.15) is 17.2 Å². The molecule has 0 amide bonds. The number of halogens is 1. The quantitative estimate of drug-likeness (QED) is 0.657. The first kappa shape index (κ1) is 18.7. The number of fused-ring (bicyclic) bond motifs is 3. The molecule has 1 atom stereocenters. The van der Waals surface area contributed by atoms with Crippen molar-refractivity contribution in [3.63, 3.8) is 0 Å². The Morgan fingerprint density at radius 2 is 1.88 bits per heavy atom. The molecule has 0 aliphatic rings. The lowest BCUT2D eigenvalue weighted by Crippen LogP contribution is -2.41. The van der Waals surface area contributed by atoms with Crippen molar-refractivity contribution in [2.24, 2.45) is 5.92 Å². The molecule has 3 rings (SSSR count). The molecule has 0 radical (unpaired) electrons. The van der Waals surface area contributed by atoms with E-state index in [4.69, 9.17) is 16.0 Å². The molecule has 0 saturated heterocycles. The number of carbonyl (C=O) groups is 1. The molecule has 2 aromatic carbocycles. The zero-order chi connectivity index (χ0) is 19.1. The molecule has 0 unspecified atom stereocenters. The summed E-state index contributed by atoms with van der Waals surface area (Å²) in [4.78, 5) is 11.4. The van der Waals surface area contributed by atoms with Gasteiger partial charge in [-0.1, -0.05) is 25.4 Å². The Kier molecular flexibility index (Phi) is 4.96. The summed E-state index contributed by atoms with van der Waals surface area (Å²) >= 11 is 5.96. The zero-order valence-electron chi connectivity index (χ0n) is 14.2. The number of nitrogens with one attached hydrogen (secondary N) is 1. The largest absolute Gasteiger partial charge is 0.480 e. The van der Waals surface area contributed by atoms with Crippen LogP contribution in [0.3, 0.4) is 0 Å². The maximum Gasteiger partial charge on any atom is 0.321 e. The van der Waals surface area contributed by atoms with Crippen LogP contribution in [0.1, 0.15) is 20.3 Å². The van der Waals surface area contributed by atoms with Crippen molar-refractivity contribution in [1.29, 1.82) is 0 Å². The lowest BCUT2D eigenvalue weighted by Gasteiger charge is -2.16. The molecule has 0 spiro atoms. The SMILES string of the molecule is CC(C)C[C@H](NS(=O)(=O)c1ccc2oc3cc(Cl)ccc3c2c1)C(=O)O. The van der Waals surface area contributed by atoms with E-state index in [0.717, 1.165) is 5.39 Å². The maximum atomic E-state index is 12.7. The minimum Gasteiger partial charge on any atom is -0.480 e. The van der Waals surface area contributed by atoms with Gasteiger partial charge in [-0.25, -0.2) is 8.42 Å². The van der Waals surface area contributed by atoms with Crippen LogP contribution in [-0.4, -0.2) is 25.5 Å². The summed E-state index contributed by atoms with van der Waals surface area (Å²) in [6.07, 6.45) is 0.198. The third kappa shape index (κ3) is 3.70. The molecule has 0 fully saturated rings. The van der Waals surface area contributed by atoms with Crippen LogP contribution in [0.5, 0.6) is 0 Å². The van der Waals surface area contributed by atoms with Crippen molar-refractivity contribution in [3.8, 4) is 0 Å². The number of carboxylic acid groups (broad SMARTS) is 1. The van der Waals surface area contributed by atoms with Crippen molar-refractivity contribution in [1.82, 2.24) is 4.72 Å². The minimum atomic E-state index is -3.99. The lowest BCUT2D eigenvalue weighted by atomic mass is 10.1. The zero-order valence-corrected chi connectivity index (χ0v) is 15.8. The van der Waals surface area contributed by atoms with E-state index in [1.807, 2.05) is 13.8 Å². The summed E-state index contributed by atoms with van der Waals surface area (Å²) in [5.41, 5.74) is 1.08. The van der Waals surface area contributed by atoms with Gasteiger partial charge in [-0.15, -0.1) is 0 Å². The molecule has 0 saturated carbocycles. The van der Waals surface area contributed by atoms with Gasteiger partial charge in [0, 0.05) is 21.9 Å². The average Bonchev–Trinajstić information content (AvgIpc) is 2.89. The first-order valence-electron chi connectivity index (χ1n) is 8.04. The molecule has 0 bridgehead atoms. The molecular formula is C18H18ClNO5S. The second-order valence-corrected chi connectivity index (χ2v) is 8.69. The first-order chi connectivity index (χ1) is 12.2. The second kappa shape index (κ2) is 6.90. The Hall–Kier alpha value is -2.09. The number of sulfonamides is 1. The number of aliphatic carboxylic acids is 1. The van der Waals surface area contributed by atoms with Gasteiger partial charge in [0.15, 0.2) is 0 Å². The number of rotatable bonds is 6. The van der Waals surface area contributed by atoms with Crippen molar-refractivity contribution in [3.05, 3.63) is 41.4 Å². The van der Waals surface area contributed by atoms with Crippen molar-refractivity contribution in [2.75, 3.05) is 0 Å². The van der Waals surface area contributed by atoms with E-state index in [-0.39, 0.29) is 17.2 Å². The standard InChI is InChI=1S/C18H18ClNO5S/c1-10(2)7-15(18(21)22)20-26(23,24)12-4-6-16-14(9-12)13-5-3-11(19)8-17(13)25-16/h3-6,8-10,15,20H,7H2,1-2H3,(H,21,22)/t15-/m0/s1. The molecule has 1 aromatic heterocycles. The van der Waals surface area contributed by atoms with Gasteiger partial charge in [0.05, 0.1) is 4.90 Å². The van der Waals surface area contributed by atoms with Crippen LogP contribution in [0.15, 0.2) is 45.7 Å². The van der Waals surface area contributed by atoms with Gasteiger partial charge in [-0.3, -0.25) is 4.79 Å². The van der Waals surface area contributed by atoms with Gasteiger partial charge in [0.2, 0.25) is 10.0 Å². The summed E-state index contributed by atoms with van der Waals surface area (Å²) in [6, 6.07) is 8.35. The minimum absolute atomic E-state index is 0.0161. The van der Waals surface area contributed by atoms with Gasteiger partial charge in [0.25, 0.3) is 0 Å². The Balaban J connectivity index is 2.03. The second-order valence-electron chi connectivity index (χ2n) is 6.54. The monoisotopic (exact) mass is 395 g/mol. The van der Waals surface area contributed by atoms with Crippen molar-refractivity contribution in [2.45, 2.75) is 31.2 Å². The van der Waals surface area contributed by atoms with Crippen molar-refractivity contribution >= 4 is 49.5 Å². The molecule has 3 aromatic rings. The van der Waals surface area contributed by atoms with E-state index >= 15 is 0 Å². The highest BCUT2D eigenvalue weighted by Gasteiger charge is 2.26. The van der Waals surface area contributed by atoms with Crippen LogP contribution in [0.2, 0.25) is 5.02 Å². The molecular weight excluding hydrogens is 378 g/mol. The molecule has 0 aliphatic carbocycles. The van der Waals surface area contributed by atoms with Crippen LogP contribution in [-0.2, 0) is 14.8 Å². The summed E-state index contributed by atoms with van der Waals surface area (Å²) < 4.78 is 33.3. The van der Waals surface area contributed by atoms with E-state index in [9.17, 15) is 18.3 Å². The van der Waals surface area contributed by atoms with Crippen LogP contribution in [0, 0.1) is 5.92 Å². The van der Waals surface area contributed by atoms with Crippen LogP contribution in [0.25, 0.3) is 21.9 Å². The normalized spacial score (nSPS) is 13.5. The first-order valence-corrected chi connectivity index (χ1v) is 9.90. The predicted molar refractivity (Wildman–Crippen MR) is 99.9 cm³/mol. The van der Waals surface area contributed by atoms with E-state index in [1.54, 1.807) is 24.3 Å². The molecule has 6 nitrogen and oxygen atoms in total. The Bertz CT molecular complexity index is 1090. The molecule has 1 heterocycles. The highest BCUT2D eigenvalue weighted by atomic mass is 35.5. The fourth-order valence-corrected chi connectivity index (χ4v) is 4.21. The van der Waals surface area contributed by atoms with Crippen molar-refractivity contribution < 1.29 is 22.7 Å². The van der Waals surface area contributed by atoms with Gasteiger partial charge in [-0.2, -0.15) is 4.72 Å². The Labute approximate surface area is 155 Å². The Morgan fingerprint density at radius 1 is 1.15 bits per heavy atom. The molecule has 138 valence electrons. The highest BCUT2D eigenvalue weighted by molar-refractivity contribution is 7.89. The van der Waals surface area contributed by atoms with E-state index in [0.29, 0.717) is 21.6 Å². The fourth-order valence-electron chi connectivity index (χ4n) is 2.82. The highest BCUT2D eigenvalue weighted by Crippen LogP contribution is 2.32. The lowest BCUT2D eigenvalue weighted by molar-refractivity contribution is -0.139. The number of hydrogen-bond donors (Lipinski definition) is 2. The van der Waals surface area contributed by atoms with E-state index < -0.39 is 22.0 Å². The third-order valence-corrected chi connectivity index (χ3v) is 5.72. The summed E-state index contributed by atoms with van der Waals surface area (Å²) in [7, 11) is -3.99. The smallest absolute Gasteiger partial charge is 0.321 e. The Morgan fingerprint density at radius 3 is 2.54 bits per heavy atom.